The van der Waals surface area contributed by atoms with Crippen LogP contribution in [-0.2, 0) is 4.84 Å². The van der Waals surface area contributed by atoms with Gasteiger partial charge in [0.2, 0.25) is 0 Å². The molecule has 1 aliphatic rings. The fourth-order valence-corrected chi connectivity index (χ4v) is 1.62. The first-order valence-corrected chi connectivity index (χ1v) is 5.12. The highest BCUT2D eigenvalue weighted by Gasteiger charge is 2.22. The molecule has 78 valence electrons. The summed E-state index contributed by atoms with van der Waals surface area (Å²) in [5.41, 5.74) is -0.0491. The topological polar surface area (TPSA) is 24.5 Å². The van der Waals surface area contributed by atoms with Gasteiger partial charge in [0.1, 0.15) is 0 Å². The summed E-state index contributed by atoms with van der Waals surface area (Å²) in [5, 5.41) is 5.40. The van der Waals surface area contributed by atoms with Crippen molar-refractivity contribution in [3.63, 3.8) is 0 Å². The van der Waals surface area contributed by atoms with Crippen molar-refractivity contribution in [2.75, 3.05) is 20.1 Å². The van der Waals surface area contributed by atoms with Crippen molar-refractivity contribution in [1.29, 1.82) is 0 Å². The Kier molecular flexibility index (Phi) is 3.71. The lowest BCUT2D eigenvalue weighted by Crippen LogP contribution is -2.44. The molecule has 0 aliphatic carbocycles. The minimum Gasteiger partial charge on any atom is -0.317 e. The summed E-state index contributed by atoms with van der Waals surface area (Å²) >= 11 is 0. The molecule has 0 saturated carbocycles. The van der Waals surface area contributed by atoms with Gasteiger partial charge in [-0.3, -0.25) is 4.84 Å². The molecule has 1 N–H and O–H groups in total. The molecular weight excluding hydrogens is 164 g/mol. The smallest absolute Gasteiger partial charge is 0.0815 e. The summed E-state index contributed by atoms with van der Waals surface area (Å²) in [6.45, 7) is 8.37. The molecule has 0 amide bonds. The number of nitrogens with one attached hydrogen (secondary N) is 1. The van der Waals surface area contributed by atoms with E-state index in [0.29, 0.717) is 6.04 Å². The summed E-state index contributed by atoms with van der Waals surface area (Å²) in [5.74, 6) is 0. The summed E-state index contributed by atoms with van der Waals surface area (Å²) in [6, 6.07) is 0.680. The Morgan fingerprint density at radius 2 is 1.77 bits per heavy atom. The third-order valence-corrected chi connectivity index (χ3v) is 2.27. The fraction of sp³-hybridized carbons (Fsp3) is 1.00. The van der Waals surface area contributed by atoms with E-state index in [1.165, 1.54) is 12.8 Å². The van der Waals surface area contributed by atoms with Crippen LogP contribution in [0, 0.1) is 0 Å². The third-order valence-electron chi connectivity index (χ3n) is 2.27. The summed E-state index contributed by atoms with van der Waals surface area (Å²) in [4.78, 5) is 5.78. The second kappa shape index (κ2) is 4.40. The van der Waals surface area contributed by atoms with E-state index in [-0.39, 0.29) is 5.60 Å². The Morgan fingerprint density at radius 3 is 2.15 bits per heavy atom. The monoisotopic (exact) mass is 186 g/mol. The predicted molar refractivity (Wildman–Crippen MR) is 54.5 cm³/mol. The molecule has 3 heteroatoms. The molecule has 0 aromatic carbocycles. The molecule has 1 fully saturated rings. The SMILES string of the molecule is CNC1CCN(OC(C)(C)C)CC1. The molecule has 0 spiro atoms. The summed E-state index contributed by atoms with van der Waals surface area (Å²) in [7, 11) is 2.03. The van der Waals surface area contributed by atoms with Gasteiger partial charge in [-0.2, -0.15) is 5.06 Å². The van der Waals surface area contributed by atoms with E-state index in [4.69, 9.17) is 4.84 Å². The number of hydroxylamine groups is 2. The van der Waals surface area contributed by atoms with E-state index in [1.807, 2.05) is 7.05 Å². The maximum absolute atomic E-state index is 5.78. The zero-order valence-electron chi connectivity index (χ0n) is 9.26. The quantitative estimate of drug-likeness (QED) is 0.705. The van der Waals surface area contributed by atoms with Gasteiger partial charge in [0.15, 0.2) is 0 Å². The number of hydrogen-bond acceptors (Lipinski definition) is 3. The van der Waals surface area contributed by atoms with Crippen LogP contribution in [0.1, 0.15) is 33.6 Å². The van der Waals surface area contributed by atoms with Gasteiger partial charge in [-0.1, -0.05) is 0 Å². The first-order valence-electron chi connectivity index (χ1n) is 5.12. The van der Waals surface area contributed by atoms with Gasteiger partial charge in [0, 0.05) is 19.1 Å². The number of hydrogen-bond donors (Lipinski definition) is 1. The molecule has 0 radical (unpaired) electrons. The van der Waals surface area contributed by atoms with Crippen molar-refractivity contribution in [2.24, 2.45) is 0 Å². The van der Waals surface area contributed by atoms with Crippen LogP contribution in [0.4, 0.5) is 0 Å². The normalized spacial score (nSPS) is 22.2. The van der Waals surface area contributed by atoms with Gasteiger partial charge < -0.3 is 5.32 Å². The molecule has 1 saturated heterocycles. The van der Waals surface area contributed by atoms with Crippen molar-refractivity contribution >= 4 is 0 Å². The molecule has 0 aromatic heterocycles. The van der Waals surface area contributed by atoms with E-state index in [1.54, 1.807) is 0 Å². The highest BCUT2D eigenvalue weighted by Crippen LogP contribution is 2.16. The maximum atomic E-state index is 5.78. The lowest BCUT2D eigenvalue weighted by atomic mass is 10.1. The van der Waals surface area contributed by atoms with Crippen molar-refractivity contribution in [3.8, 4) is 0 Å². The van der Waals surface area contributed by atoms with E-state index < -0.39 is 0 Å². The Balaban J connectivity index is 2.25. The zero-order valence-corrected chi connectivity index (χ0v) is 9.26. The fourth-order valence-electron chi connectivity index (χ4n) is 1.62. The van der Waals surface area contributed by atoms with Crippen molar-refractivity contribution in [2.45, 2.75) is 45.3 Å². The van der Waals surface area contributed by atoms with Crippen molar-refractivity contribution in [1.82, 2.24) is 10.4 Å². The molecule has 0 atom stereocenters. The highest BCUT2D eigenvalue weighted by molar-refractivity contribution is 4.73. The summed E-state index contributed by atoms with van der Waals surface area (Å²) < 4.78 is 0. The predicted octanol–water partition coefficient (Wildman–Crippen LogP) is 1.40. The second-order valence-electron chi connectivity index (χ2n) is 4.70. The van der Waals surface area contributed by atoms with Gasteiger partial charge in [0.25, 0.3) is 0 Å². The number of nitrogens with zero attached hydrogens (tertiary/aromatic N) is 1. The Morgan fingerprint density at radius 1 is 1.23 bits per heavy atom. The minimum absolute atomic E-state index is 0.0491. The van der Waals surface area contributed by atoms with Gasteiger partial charge in [0.05, 0.1) is 5.60 Å². The van der Waals surface area contributed by atoms with Crippen LogP contribution in [0.15, 0.2) is 0 Å². The minimum atomic E-state index is -0.0491. The lowest BCUT2D eigenvalue weighted by Gasteiger charge is -2.35. The molecule has 0 aromatic rings. The van der Waals surface area contributed by atoms with Gasteiger partial charge in [-0.05, 0) is 40.7 Å². The third kappa shape index (κ3) is 4.07. The van der Waals surface area contributed by atoms with E-state index >= 15 is 0 Å². The Hall–Kier alpha value is -0.120. The first kappa shape index (κ1) is 11.0. The Labute approximate surface area is 81.4 Å². The van der Waals surface area contributed by atoms with Crippen LogP contribution in [0.5, 0.6) is 0 Å². The van der Waals surface area contributed by atoms with Crippen LogP contribution < -0.4 is 5.32 Å². The zero-order chi connectivity index (χ0) is 9.90. The van der Waals surface area contributed by atoms with Crippen LogP contribution in [0.3, 0.4) is 0 Å². The molecule has 3 nitrogen and oxygen atoms in total. The van der Waals surface area contributed by atoms with E-state index in [2.05, 4.69) is 31.2 Å². The second-order valence-corrected chi connectivity index (χ2v) is 4.70. The van der Waals surface area contributed by atoms with Gasteiger partial charge in [-0.25, -0.2) is 0 Å². The molecular formula is C10H22N2O. The standard InChI is InChI=1S/C10H22N2O/c1-10(2,3)13-12-7-5-9(11-4)6-8-12/h9,11H,5-8H2,1-4H3. The summed E-state index contributed by atoms with van der Waals surface area (Å²) in [6.07, 6.45) is 2.37. The first-order chi connectivity index (χ1) is 6.01. The molecule has 0 unspecified atom stereocenters. The van der Waals surface area contributed by atoms with Crippen LogP contribution >= 0.6 is 0 Å². The largest absolute Gasteiger partial charge is 0.317 e. The van der Waals surface area contributed by atoms with E-state index in [0.717, 1.165) is 13.1 Å². The molecule has 13 heavy (non-hydrogen) atoms. The molecule has 1 heterocycles. The average Bonchev–Trinajstić information content (AvgIpc) is 2.03. The molecule has 0 bridgehead atoms. The van der Waals surface area contributed by atoms with Crippen LogP contribution in [-0.4, -0.2) is 36.8 Å². The highest BCUT2D eigenvalue weighted by atomic mass is 16.7. The van der Waals surface area contributed by atoms with Gasteiger partial charge >= 0.3 is 0 Å². The lowest BCUT2D eigenvalue weighted by molar-refractivity contribution is -0.236. The Bertz CT molecular complexity index is 145. The number of piperidine rings is 1. The number of rotatable bonds is 2. The van der Waals surface area contributed by atoms with Crippen molar-refractivity contribution < 1.29 is 4.84 Å². The average molecular weight is 186 g/mol. The van der Waals surface area contributed by atoms with Crippen LogP contribution in [0.2, 0.25) is 0 Å². The van der Waals surface area contributed by atoms with Crippen LogP contribution in [0.25, 0.3) is 0 Å². The van der Waals surface area contributed by atoms with Crippen molar-refractivity contribution in [3.05, 3.63) is 0 Å². The molecule has 1 rings (SSSR count). The molecule has 1 aliphatic heterocycles. The maximum Gasteiger partial charge on any atom is 0.0815 e. The van der Waals surface area contributed by atoms with Gasteiger partial charge in [-0.15, -0.1) is 0 Å². The van der Waals surface area contributed by atoms with E-state index in [9.17, 15) is 0 Å².